The minimum atomic E-state index is -0.793. The van der Waals surface area contributed by atoms with E-state index in [0.29, 0.717) is 35.0 Å². The highest BCUT2D eigenvalue weighted by Crippen LogP contribution is 2.41. The Morgan fingerprint density at radius 1 is 1.42 bits per heavy atom. The Morgan fingerprint density at radius 2 is 2.19 bits per heavy atom. The van der Waals surface area contributed by atoms with E-state index in [1.807, 2.05) is 13.8 Å². The molecule has 1 aliphatic rings. The van der Waals surface area contributed by atoms with Gasteiger partial charge in [0.05, 0.1) is 17.4 Å². The van der Waals surface area contributed by atoms with Crippen LogP contribution in [-0.2, 0) is 0 Å². The second-order valence-corrected chi connectivity index (χ2v) is 8.64. The zero-order valence-electron chi connectivity index (χ0n) is 18.2. The number of carbonyl (C=O) groups excluding carboxylic acids is 1. The van der Waals surface area contributed by atoms with Gasteiger partial charge >= 0.3 is 0 Å². The largest absolute Gasteiger partial charge is 0.390 e. The minimum Gasteiger partial charge on any atom is -0.390 e. The van der Waals surface area contributed by atoms with Gasteiger partial charge in [-0.25, -0.2) is 4.98 Å². The first-order valence-electron chi connectivity index (χ1n) is 10.5. The first-order valence-corrected chi connectivity index (χ1v) is 10.5. The quantitative estimate of drug-likeness (QED) is 0.500. The van der Waals surface area contributed by atoms with E-state index in [2.05, 4.69) is 20.7 Å². The monoisotopic (exact) mass is 424 g/mol. The molecule has 0 radical (unpaired) electrons. The smallest absolute Gasteiger partial charge is 0.274 e. The van der Waals surface area contributed by atoms with Gasteiger partial charge in [0, 0.05) is 31.8 Å². The molecule has 1 saturated carbocycles. The number of carbonyl (C=O) groups is 1. The molecule has 1 aliphatic carbocycles. The van der Waals surface area contributed by atoms with Gasteiger partial charge in [-0.15, -0.1) is 0 Å². The number of rotatable bonds is 7. The van der Waals surface area contributed by atoms with E-state index in [-0.39, 0.29) is 29.7 Å². The second kappa shape index (κ2) is 7.81. The molecule has 3 aromatic rings. The molecule has 0 aliphatic heterocycles. The topological polar surface area (TPSA) is 114 Å². The van der Waals surface area contributed by atoms with Crippen molar-refractivity contribution in [3.8, 4) is 0 Å². The van der Waals surface area contributed by atoms with E-state index < -0.39 is 5.60 Å². The van der Waals surface area contributed by atoms with Gasteiger partial charge in [-0.2, -0.15) is 9.61 Å². The molecule has 0 amide bonds. The second-order valence-electron chi connectivity index (χ2n) is 8.64. The first kappa shape index (κ1) is 21.0. The van der Waals surface area contributed by atoms with E-state index in [4.69, 9.17) is 0 Å². The molecule has 2 atom stereocenters. The summed E-state index contributed by atoms with van der Waals surface area (Å²) in [6, 6.07) is 5.27. The van der Waals surface area contributed by atoms with Crippen LogP contribution in [0.3, 0.4) is 0 Å². The van der Waals surface area contributed by atoms with Crippen LogP contribution in [0, 0.1) is 5.92 Å². The van der Waals surface area contributed by atoms with Crippen molar-refractivity contribution in [2.45, 2.75) is 51.7 Å². The Labute approximate surface area is 180 Å². The van der Waals surface area contributed by atoms with Gasteiger partial charge in [0.1, 0.15) is 17.3 Å². The molecule has 9 nitrogen and oxygen atoms in total. The molecule has 3 aromatic heterocycles. The molecule has 4 rings (SSSR count). The maximum atomic E-state index is 13.0. The number of ketones is 1. The number of nitrogens with zero attached hydrogens (tertiary/aromatic N) is 4. The molecular formula is C22H28N6O3. The van der Waals surface area contributed by atoms with Crippen molar-refractivity contribution in [3.05, 3.63) is 46.5 Å². The fourth-order valence-corrected chi connectivity index (χ4v) is 3.97. The van der Waals surface area contributed by atoms with Crippen molar-refractivity contribution in [3.63, 3.8) is 0 Å². The highest BCUT2D eigenvalue weighted by molar-refractivity contribution is 6.01. The Balaban J connectivity index is 1.70. The molecule has 0 spiro atoms. The van der Waals surface area contributed by atoms with Crippen molar-refractivity contribution in [2.24, 2.45) is 5.92 Å². The lowest BCUT2D eigenvalue weighted by atomic mass is 9.68. The minimum absolute atomic E-state index is 0.0281. The van der Waals surface area contributed by atoms with Crippen molar-refractivity contribution in [1.82, 2.24) is 19.2 Å². The maximum Gasteiger partial charge on any atom is 0.274 e. The molecule has 9 heteroatoms. The SMILES string of the molecule is CNc1cc(Nc2cccn(C(C)C)c2=O)nc2c(C(=O)CC3CC[C@@]3(C)O)cnn12. The number of hydrogen-bond donors (Lipinski definition) is 3. The van der Waals surface area contributed by atoms with Crippen LogP contribution >= 0.6 is 0 Å². The van der Waals surface area contributed by atoms with E-state index in [9.17, 15) is 14.7 Å². The Kier molecular flexibility index (Phi) is 5.30. The molecule has 1 unspecified atom stereocenters. The average Bonchev–Trinajstić information content (AvgIpc) is 3.16. The summed E-state index contributed by atoms with van der Waals surface area (Å²) in [6.45, 7) is 5.66. The van der Waals surface area contributed by atoms with Gasteiger partial charge in [0.15, 0.2) is 11.4 Å². The predicted octanol–water partition coefficient (Wildman–Crippen LogP) is 2.99. The lowest BCUT2D eigenvalue weighted by Crippen LogP contribution is -2.45. The highest BCUT2D eigenvalue weighted by Gasteiger charge is 2.42. The summed E-state index contributed by atoms with van der Waals surface area (Å²) in [5.74, 6) is 0.898. The van der Waals surface area contributed by atoms with Crippen LogP contribution in [0.25, 0.3) is 5.65 Å². The number of aliphatic hydroxyl groups is 1. The van der Waals surface area contributed by atoms with Crippen molar-refractivity contribution in [1.29, 1.82) is 0 Å². The Bertz CT molecular complexity index is 1190. The summed E-state index contributed by atoms with van der Waals surface area (Å²) in [4.78, 5) is 30.3. The molecule has 0 bridgehead atoms. The number of aromatic nitrogens is 4. The number of anilines is 3. The summed E-state index contributed by atoms with van der Waals surface area (Å²) >= 11 is 0. The van der Waals surface area contributed by atoms with Gasteiger partial charge in [0.2, 0.25) is 0 Å². The lowest BCUT2D eigenvalue weighted by molar-refractivity contribution is -0.0773. The third kappa shape index (κ3) is 3.81. The van der Waals surface area contributed by atoms with Gasteiger partial charge in [-0.1, -0.05) is 0 Å². The normalized spacial score (nSPS) is 20.6. The van der Waals surface area contributed by atoms with Gasteiger partial charge in [-0.3, -0.25) is 9.59 Å². The zero-order valence-corrected chi connectivity index (χ0v) is 18.2. The number of hydrogen-bond acceptors (Lipinski definition) is 7. The first-order chi connectivity index (χ1) is 14.7. The summed E-state index contributed by atoms with van der Waals surface area (Å²) < 4.78 is 3.20. The zero-order chi connectivity index (χ0) is 22.3. The number of pyridine rings is 1. The summed E-state index contributed by atoms with van der Waals surface area (Å²) in [7, 11) is 1.75. The summed E-state index contributed by atoms with van der Waals surface area (Å²) in [5, 5.41) is 20.7. The van der Waals surface area contributed by atoms with Crippen molar-refractivity contribution in [2.75, 3.05) is 17.7 Å². The lowest BCUT2D eigenvalue weighted by Gasteiger charge is -2.42. The van der Waals surface area contributed by atoms with Crippen LogP contribution in [0.15, 0.2) is 35.4 Å². The molecule has 31 heavy (non-hydrogen) atoms. The molecule has 0 aromatic carbocycles. The van der Waals surface area contributed by atoms with Crippen LogP contribution in [0.5, 0.6) is 0 Å². The van der Waals surface area contributed by atoms with E-state index in [1.54, 1.807) is 47.4 Å². The van der Waals surface area contributed by atoms with E-state index >= 15 is 0 Å². The third-order valence-corrected chi connectivity index (χ3v) is 6.13. The van der Waals surface area contributed by atoms with Crippen molar-refractivity contribution < 1.29 is 9.90 Å². The molecule has 1 fully saturated rings. The number of Topliss-reactive ketones (excluding diaryl/α,β-unsaturated/α-hetero) is 1. The molecular weight excluding hydrogens is 396 g/mol. The highest BCUT2D eigenvalue weighted by atomic mass is 16.3. The van der Waals surface area contributed by atoms with Crippen molar-refractivity contribution >= 4 is 28.8 Å². The Hall–Kier alpha value is -3.20. The predicted molar refractivity (Wildman–Crippen MR) is 119 cm³/mol. The van der Waals surface area contributed by atoms with Crippen LogP contribution in [0.2, 0.25) is 0 Å². The Morgan fingerprint density at radius 3 is 2.81 bits per heavy atom. The molecule has 164 valence electrons. The fourth-order valence-electron chi connectivity index (χ4n) is 3.97. The van der Waals surface area contributed by atoms with E-state index in [1.165, 1.54) is 6.20 Å². The van der Waals surface area contributed by atoms with Crippen LogP contribution in [0.1, 0.15) is 56.4 Å². The number of fused-ring (bicyclic) bond motifs is 1. The van der Waals surface area contributed by atoms with Gasteiger partial charge in [-0.05, 0) is 51.7 Å². The van der Waals surface area contributed by atoms with Gasteiger partial charge < -0.3 is 20.3 Å². The molecule has 0 saturated heterocycles. The van der Waals surface area contributed by atoms with Crippen LogP contribution in [-0.4, -0.2) is 42.7 Å². The average molecular weight is 425 g/mol. The summed E-state index contributed by atoms with van der Waals surface area (Å²) in [6.07, 6.45) is 5.05. The third-order valence-electron chi connectivity index (χ3n) is 6.13. The molecule has 3 heterocycles. The van der Waals surface area contributed by atoms with Crippen LogP contribution < -0.4 is 16.2 Å². The standard InChI is InChI=1S/C22H28N6O3/c1-13(2)27-9-5-6-16(21(27)30)25-18-11-19(23-4)28-20(26-18)15(12-24-28)17(29)10-14-7-8-22(14,3)31/h5-6,9,11-14,23,31H,7-8,10H2,1-4H3,(H,25,26)/t14?,22-/m1/s1. The maximum absolute atomic E-state index is 13.0. The van der Waals surface area contributed by atoms with Gasteiger partial charge in [0.25, 0.3) is 5.56 Å². The summed E-state index contributed by atoms with van der Waals surface area (Å²) in [5.41, 5.74) is 0.252. The van der Waals surface area contributed by atoms with Crippen LogP contribution in [0.4, 0.5) is 17.3 Å². The molecule has 3 N–H and O–H groups in total. The number of nitrogens with one attached hydrogen (secondary N) is 2. The fraction of sp³-hybridized carbons (Fsp3) is 0.455. The van der Waals surface area contributed by atoms with E-state index in [0.717, 1.165) is 6.42 Å².